The third kappa shape index (κ3) is 6.19. The van der Waals surface area contributed by atoms with Gasteiger partial charge in [0, 0.05) is 43.6 Å². The standard InChI is InChI=1S/C19H20ClFN2O2/c1-14(24)23(13-16-4-2-3-5-18(16)21)11-10-19(25)22-12-15-6-8-17(20)9-7-15/h2-9H,10-13H2,1H3,(H,22,25). The van der Waals surface area contributed by atoms with Gasteiger partial charge in [0.25, 0.3) is 0 Å². The lowest BCUT2D eigenvalue weighted by Gasteiger charge is -2.21. The Kier molecular flexibility index (Phi) is 6.95. The molecule has 4 nitrogen and oxygen atoms in total. The van der Waals surface area contributed by atoms with Crippen LogP contribution in [-0.2, 0) is 22.7 Å². The number of nitrogens with zero attached hydrogens (tertiary/aromatic N) is 1. The van der Waals surface area contributed by atoms with E-state index in [0.717, 1.165) is 5.56 Å². The second-order valence-electron chi connectivity index (χ2n) is 5.69. The van der Waals surface area contributed by atoms with Crippen LogP contribution in [0.3, 0.4) is 0 Å². The zero-order valence-corrected chi connectivity index (χ0v) is 14.7. The first-order valence-electron chi connectivity index (χ1n) is 7.96. The summed E-state index contributed by atoms with van der Waals surface area (Å²) in [5.74, 6) is -0.732. The lowest BCUT2D eigenvalue weighted by Crippen LogP contribution is -2.33. The number of hydrogen-bond acceptors (Lipinski definition) is 2. The molecule has 0 aliphatic heterocycles. The van der Waals surface area contributed by atoms with Crippen LogP contribution in [0.5, 0.6) is 0 Å². The first kappa shape index (κ1) is 18.9. The fourth-order valence-corrected chi connectivity index (χ4v) is 2.43. The molecular weight excluding hydrogens is 343 g/mol. The lowest BCUT2D eigenvalue weighted by molar-refractivity contribution is -0.130. The first-order chi connectivity index (χ1) is 12.0. The van der Waals surface area contributed by atoms with Crippen molar-refractivity contribution in [2.24, 2.45) is 0 Å². The predicted octanol–water partition coefficient (Wildman–Crippen LogP) is 3.53. The smallest absolute Gasteiger partial charge is 0.222 e. The minimum Gasteiger partial charge on any atom is -0.352 e. The van der Waals surface area contributed by atoms with Crippen LogP contribution in [0.2, 0.25) is 5.02 Å². The molecule has 0 radical (unpaired) electrons. The minimum atomic E-state index is -0.360. The van der Waals surface area contributed by atoms with Crippen LogP contribution < -0.4 is 5.32 Å². The van der Waals surface area contributed by atoms with Crippen LogP contribution in [0.25, 0.3) is 0 Å². The van der Waals surface area contributed by atoms with Crippen LogP contribution in [0, 0.1) is 5.82 Å². The molecule has 6 heteroatoms. The first-order valence-corrected chi connectivity index (χ1v) is 8.33. The normalized spacial score (nSPS) is 10.4. The van der Waals surface area contributed by atoms with Crippen LogP contribution in [0.15, 0.2) is 48.5 Å². The topological polar surface area (TPSA) is 49.4 Å². The fraction of sp³-hybridized carbons (Fsp3) is 0.263. The van der Waals surface area contributed by atoms with E-state index in [1.807, 2.05) is 12.1 Å². The molecule has 2 amide bonds. The highest BCUT2D eigenvalue weighted by Crippen LogP contribution is 2.11. The number of amides is 2. The largest absolute Gasteiger partial charge is 0.352 e. The Morgan fingerprint density at radius 1 is 1.12 bits per heavy atom. The van der Waals surface area contributed by atoms with Gasteiger partial charge in [-0.2, -0.15) is 0 Å². The van der Waals surface area contributed by atoms with Gasteiger partial charge in [-0.3, -0.25) is 9.59 Å². The van der Waals surface area contributed by atoms with E-state index in [9.17, 15) is 14.0 Å². The molecule has 2 rings (SSSR count). The molecule has 2 aromatic carbocycles. The lowest BCUT2D eigenvalue weighted by atomic mass is 10.2. The van der Waals surface area contributed by atoms with Gasteiger partial charge in [-0.25, -0.2) is 4.39 Å². The molecule has 132 valence electrons. The molecule has 0 unspecified atom stereocenters. The van der Waals surface area contributed by atoms with Gasteiger partial charge in [0.05, 0.1) is 0 Å². The van der Waals surface area contributed by atoms with Crippen LogP contribution in [-0.4, -0.2) is 23.3 Å². The Bertz CT molecular complexity index is 734. The van der Waals surface area contributed by atoms with Gasteiger partial charge in [0.1, 0.15) is 5.82 Å². The number of benzene rings is 2. The van der Waals surface area contributed by atoms with Crippen molar-refractivity contribution < 1.29 is 14.0 Å². The number of nitrogens with one attached hydrogen (secondary N) is 1. The van der Waals surface area contributed by atoms with E-state index >= 15 is 0 Å². The molecule has 25 heavy (non-hydrogen) atoms. The average molecular weight is 363 g/mol. The van der Waals surface area contributed by atoms with E-state index in [2.05, 4.69) is 5.32 Å². The average Bonchev–Trinajstić information content (AvgIpc) is 2.59. The van der Waals surface area contributed by atoms with Crippen LogP contribution in [0.1, 0.15) is 24.5 Å². The Balaban J connectivity index is 1.83. The predicted molar refractivity (Wildman–Crippen MR) is 95.4 cm³/mol. The molecule has 0 heterocycles. The molecule has 0 spiro atoms. The molecule has 0 bridgehead atoms. The number of carbonyl (C=O) groups is 2. The summed E-state index contributed by atoms with van der Waals surface area (Å²) in [6, 6.07) is 13.5. The quantitative estimate of drug-likeness (QED) is 0.819. The van der Waals surface area contributed by atoms with Gasteiger partial charge >= 0.3 is 0 Å². The third-order valence-electron chi connectivity index (χ3n) is 3.78. The maximum atomic E-state index is 13.7. The Morgan fingerprint density at radius 3 is 2.44 bits per heavy atom. The van der Waals surface area contributed by atoms with E-state index in [4.69, 9.17) is 11.6 Å². The van der Waals surface area contributed by atoms with Crippen LogP contribution in [0.4, 0.5) is 4.39 Å². The van der Waals surface area contributed by atoms with Gasteiger partial charge in [0.15, 0.2) is 0 Å². The number of carbonyl (C=O) groups excluding carboxylic acids is 2. The molecule has 0 fully saturated rings. The number of rotatable bonds is 7. The van der Waals surface area contributed by atoms with Crippen molar-refractivity contribution in [3.05, 3.63) is 70.5 Å². The minimum absolute atomic E-state index is 0.145. The second-order valence-corrected chi connectivity index (χ2v) is 6.12. The summed E-state index contributed by atoms with van der Waals surface area (Å²) in [6.07, 6.45) is 0.154. The highest BCUT2D eigenvalue weighted by atomic mass is 35.5. The summed E-state index contributed by atoms with van der Waals surface area (Å²) in [6.45, 7) is 2.18. The van der Waals surface area contributed by atoms with Crippen molar-refractivity contribution in [1.29, 1.82) is 0 Å². The van der Waals surface area contributed by atoms with Crippen molar-refractivity contribution >= 4 is 23.4 Å². The van der Waals surface area contributed by atoms with Crippen molar-refractivity contribution in [3.8, 4) is 0 Å². The molecule has 2 aromatic rings. The summed E-state index contributed by atoms with van der Waals surface area (Å²) in [5, 5.41) is 3.43. The van der Waals surface area contributed by atoms with E-state index in [0.29, 0.717) is 17.1 Å². The molecule has 0 aliphatic rings. The summed E-state index contributed by atoms with van der Waals surface area (Å²) >= 11 is 5.81. The molecular formula is C19H20ClFN2O2. The van der Waals surface area contributed by atoms with Crippen molar-refractivity contribution in [2.45, 2.75) is 26.4 Å². The third-order valence-corrected chi connectivity index (χ3v) is 4.03. The summed E-state index contributed by atoms with van der Waals surface area (Å²) in [7, 11) is 0. The van der Waals surface area contributed by atoms with E-state index in [1.54, 1.807) is 30.3 Å². The number of hydrogen-bond donors (Lipinski definition) is 1. The van der Waals surface area contributed by atoms with E-state index in [1.165, 1.54) is 17.9 Å². The maximum Gasteiger partial charge on any atom is 0.222 e. The summed E-state index contributed by atoms with van der Waals surface area (Å²) in [4.78, 5) is 25.2. The zero-order chi connectivity index (χ0) is 18.2. The summed E-state index contributed by atoms with van der Waals surface area (Å²) in [5.41, 5.74) is 1.37. The molecule has 0 atom stereocenters. The van der Waals surface area contributed by atoms with Gasteiger partial charge in [-0.15, -0.1) is 0 Å². The van der Waals surface area contributed by atoms with Crippen LogP contribution >= 0.6 is 11.6 Å². The Labute approximate surface area is 151 Å². The van der Waals surface area contributed by atoms with Gasteiger partial charge < -0.3 is 10.2 Å². The van der Waals surface area contributed by atoms with Gasteiger partial charge in [0.2, 0.25) is 11.8 Å². The van der Waals surface area contributed by atoms with E-state index < -0.39 is 0 Å². The van der Waals surface area contributed by atoms with E-state index in [-0.39, 0.29) is 37.1 Å². The molecule has 1 N–H and O–H groups in total. The Hall–Kier alpha value is -2.40. The Morgan fingerprint density at radius 2 is 1.80 bits per heavy atom. The zero-order valence-electron chi connectivity index (χ0n) is 14.0. The van der Waals surface area contributed by atoms with Crippen molar-refractivity contribution in [1.82, 2.24) is 10.2 Å². The van der Waals surface area contributed by atoms with Gasteiger partial charge in [-0.1, -0.05) is 41.9 Å². The van der Waals surface area contributed by atoms with Crippen molar-refractivity contribution in [3.63, 3.8) is 0 Å². The highest BCUT2D eigenvalue weighted by Gasteiger charge is 2.13. The number of halogens is 2. The molecule has 0 aromatic heterocycles. The summed E-state index contributed by atoms with van der Waals surface area (Å²) < 4.78 is 13.7. The second kappa shape index (κ2) is 9.18. The molecule has 0 saturated heterocycles. The monoisotopic (exact) mass is 362 g/mol. The molecule has 0 aliphatic carbocycles. The highest BCUT2D eigenvalue weighted by molar-refractivity contribution is 6.30. The maximum absolute atomic E-state index is 13.7. The SMILES string of the molecule is CC(=O)N(CCC(=O)NCc1ccc(Cl)cc1)Cc1ccccc1F. The van der Waals surface area contributed by atoms with Gasteiger partial charge in [-0.05, 0) is 23.8 Å². The van der Waals surface area contributed by atoms with Crippen molar-refractivity contribution in [2.75, 3.05) is 6.54 Å². The molecule has 0 saturated carbocycles. The fourth-order valence-electron chi connectivity index (χ4n) is 2.31.